The van der Waals surface area contributed by atoms with Crippen LogP contribution >= 0.6 is 23.8 Å². The first-order valence-electron chi connectivity index (χ1n) is 8.42. The minimum atomic E-state index is -0.342. The first-order chi connectivity index (χ1) is 13.0. The van der Waals surface area contributed by atoms with Gasteiger partial charge in [0.1, 0.15) is 0 Å². The van der Waals surface area contributed by atoms with Crippen LogP contribution in [-0.4, -0.2) is 16.9 Å². The van der Waals surface area contributed by atoms with E-state index in [0.29, 0.717) is 22.8 Å². The van der Waals surface area contributed by atoms with E-state index in [1.54, 1.807) is 42.5 Å². The zero-order valence-corrected chi connectivity index (χ0v) is 16.4. The summed E-state index contributed by atoms with van der Waals surface area (Å²) in [6.45, 7) is 1.95. The number of rotatable bonds is 6. The van der Waals surface area contributed by atoms with Gasteiger partial charge in [-0.1, -0.05) is 30.7 Å². The van der Waals surface area contributed by atoms with Crippen molar-refractivity contribution in [1.29, 1.82) is 0 Å². The number of anilines is 2. The van der Waals surface area contributed by atoms with Crippen molar-refractivity contribution in [2.45, 2.75) is 19.8 Å². The summed E-state index contributed by atoms with van der Waals surface area (Å²) in [5, 5.41) is 9.12. The molecule has 140 valence electrons. The maximum absolute atomic E-state index is 11.9. The van der Waals surface area contributed by atoms with E-state index in [1.807, 2.05) is 19.1 Å². The van der Waals surface area contributed by atoms with Gasteiger partial charge in [0, 0.05) is 28.9 Å². The van der Waals surface area contributed by atoms with Gasteiger partial charge in [-0.3, -0.25) is 14.9 Å². The third kappa shape index (κ3) is 7.60. The SMILES string of the molecule is CCCC(=O)Nc1ccc(NC(=S)NC(=O)/C=C/c2ccc(Cl)cc2)cc1. The average molecular weight is 402 g/mol. The van der Waals surface area contributed by atoms with Crippen molar-refractivity contribution in [2.75, 3.05) is 10.6 Å². The van der Waals surface area contributed by atoms with Gasteiger partial charge in [0.05, 0.1) is 0 Å². The molecule has 0 atom stereocenters. The largest absolute Gasteiger partial charge is 0.332 e. The lowest BCUT2D eigenvalue weighted by molar-refractivity contribution is -0.116. The van der Waals surface area contributed by atoms with Gasteiger partial charge in [0.2, 0.25) is 11.8 Å². The lowest BCUT2D eigenvalue weighted by atomic mass is 10.2. The summed E-state index contributed by atoms with van der Waals surface area (Å²) in [6, 6.07) is 14.2. The molecule has 0 aliphatic carbocycles. The molecule has 0 bridgehead atoms. The van der Waals surface area contributed by atoms with Gasteiger partial charge < -0.3 is 10.6 Å². The van der Waals surface area contributed by atoms with Gasteiger partial charge in [-0.25, -0.2) is 0 Å². The van der Waals surface area contributed by atoms with E-state index >= 15 is 0 Å². The topological polar surface area (TPSA) is 70.2 Å². The number of thiocarbonyl (C=S) groups is 1. The predicted octanol–water partition coefficient (Wildman–Crippen LogP) is 4.61. The van der Waals surface area contributed by atoms with Gasteiger partial charge in [-0.15, -0.1) is 0 Å². The number of carbonyl (C=O) groups excluding carboxylic acids is 2. The van der Waals surface area contributed by atoms with E-state index in [2.05, 4.69) is 16.0 Å². The molecule has 0 aliphatic heterocycles. The molecule has 0 saturated heterocycles. The third-order valence-corrected chi connectivity index (χ3v) is 3.89. The zero-order chi connectivity index (χ0) is 19.6. The standard InChI is InChI=1S/C20H20ClN3O2S/c1-2-3-18(25)22-16-9-11-17(12-10-16)23-20(27)24-19(26)13-6-14-4-7-15(21)8-5-14/h4-13H,2-3H2,1H3,(H,22,25)(H2,23,24,26,27)/b13-6+. The monoisotopic (exact) mass is 401 g/mol. The molecule has 27 heavy (non-hydrogen) atoms. The molecule has 0 spiro atoms. The Balaban J connectivity index is 1.83. The van der Waals surface area contributed by atoms with E-state index < -0.39 is 0 Å². The van der Waals surface area contributed by atoms with Crippen LogP contribution in [-0.2, 0) is 9.59 Å². The summed E-state index contributed by atoms with van der Waals surface area (Å²) in [5.41, 5.74) is 2.27. The summed E-state index contributed by atoms with van der Waals surface area (Å²) in [4.78, 5) is 23.5. The Kier molecular flexibility index (Phi) is 7.98. The molecule has 0 fully saturated rings. The molecular formula is C20H20ClN3O2S. The van der Waals surface area contributed by atoms with Crippen molar-refractivity contribution >= 4 is 58.2 Å². The highest BCUT2D eigenvalue weighted by Crippen LogP contribution is 2.14. The molecule has 0 aliphatic rings. The van der Waals surface area contributed by atoms with Crippen LogP contribution in [0.5, 0.6) is 0 Å². The predicted molar refractivity (Wildman–Crippen MR) is 115 cm³/mol. The van der Waals surface area contributed by atoms with Crippen molar-refractivity contribution in [2.24, 2.45) is 0 Å². The quantitative estimate of drug-likeness (QED) is 0.488. The molecule has 0 saturated carbocycles. The Hall–Kier alpha value is -2.70. The van der Waals surface area contributed by atoms with E-state index in [0.717, 1.165) is 12.0 Å². The van der Waals surface area contributed by atoms with Gasteiger partial charge >= 0.3 is 0 Å². The molecule has 2 aromatic rings. The molecule has 5 nitrogen and oxygen atoms in total. The van der Waals surface area contributed by atoms with E-state index in [1.165, 1.54) is 6.08 Å². The highest BCUT2D eigenvalue weighted by atomic mass is 35.5. The van der Waals surface area contributed by atoms with Crippen LogP contribution in [0.3, 0.4) is 0 Å². The molecule has 7 heteroatoms. The first kappa shape index (κ1) is 20.6. The minimum absolute atomic E-state index is 0.0199. The van der Waals surface area contributed by atoms with Crippen LogP contribution < -0.4 is 16.0 Å². The van der Waals surface area contributed by atoms with E-state index in [4.69, 9.17) is 23.8 Å². The fourth-order valence-electron chi connectivity index (χ4n) is 2.15. The number of hydrogen-bond acceptors (Lipinski definition) is 3. The van der Waals surface area contributed by atoms with Crippen molar-refractivity contribution < 1.29 is 9.59 Å². The van der Waals surface area contributed by atoms with Crippen molar-refractivity contribution in [3.63, 3.8) is 0 Å². The Morgan fingerprint density at radius 3 is 2.19 bits per heavy atom. The number of benzene rings is 2. The zero-order valence-electron chi connectivity index (χ0n) is 14.8. The van der Waals surface area contributed by atoms with Gasteiger partial charge in [-0.2, -0.15) is 0 Å². The first-order valence-corrected chi connectivity index (χ1v) is 9.20. The second-order valence-corrected chi connectivity index (χ2v) is 6.55. The molecular weight excluding hydrogens is 382 g/mol. The number of hydrogen-bond donors (Lipinski definition) is 3. The Bertz CT molecular complexity index is 833. The van der Waals surface area contributed by atoms with Gasteiger partial charge in [0.15, 0.2) is 5.11 Å². The molecule has 2 amide bonds. The maximum atomic E-state index is 11.9. The highest BCUT2D eigenvalue weighted by molar-refractivity contribution is 7.80. The normalized spacial score (nSPS) is 10.4. The summed E-state index contributed by atoms with van der Waals surface area (Å²) in [5.74, 6) is -0.362. The van der Waals surface area contributed by atoms with Crippen LogP contribution in [0.4, 0.5) is 11.4 Å². The van der Waals surface area contributed by atoms with E-state index in [9.17, 15) is 9.59 Å². The molecule has 0 heterocycles. The molecule has 0 unspecified atom stereocenters. The van der Waals surface area contributed by atoms with Crippen molar-refractivity contribution in [3.8, 4) is 0 Å². The maximum Gasteiger partial charge on any atom is 0.250 e. The minimum Gasteiger partial charge on any atom is -0.332 e. The fourth-order valence-corrected chi connectivity index (χ4v) is 2.49. The third-order valence-electron chi connectivity index (χ3n) is 3.44. The van der Waals surface area contributed by atoms with Crippen LogP contribution in [0, 0.1) is 0 Å². The lowest BCUT2D eigenvalue weighted by Gasteiger charge is -2.09. The molecule has 0 aromatic heterocycles. The van der Waals surface area contributed by atoms with Crippen LogP contribution in [0.2, 0.25) is 5.02 Å². The molecule has 3 N–H and O–H groups in total. The second kappa shape index (κ2) is 10.4. The summed E-state index contributed by atoms with van der Waals surface area (Å²) >= 11 is 11.0. The van der Waals surface area contributed by atoms with Crippen molar-refractivity contribution in [3.05, 3.63) is 65.2 Å². The molecule has 0 radical (unpaired) electrons. The summed E-state index contributed by atoms with van der Waals surface area (Å²) < 4.78 is 0. The van der Waals surface area contributed by atoms with Crippen LogP contribution in [0.1, 0.15) is 25.3 Å². The van der Waals surface area contributed by atoms with Crippen LogP contribution in [0.15, 0.2) is 54.6 Å². The molecule has 2 rings (SSSR count). The average Bonchev–Trinajstić information content (AvgIpc) is 2.63. The van der Waals surface area contributed by atoms with Crippen LogP contribution in [0.25, 0.3) is 6.08 Å². The number of halogens is 1. The summed E-state index contributed by atoms with van der Waals surface area (Å²) in [6.07, 6.45) is 4.34. The Morgan fingerprint density at radius 1 is 1.00 bits per heavy atom. The fraction of sp³-hybridized carbons (Fsp3) is 0.150. The molecule has 2 aromatic carbocycles. The van der Waals surface area contributed by atoms with E-state index in [-0.39, 0.29) is 16.9 Å². The number of nitrogens with one attached hydrogen (secondary N) is 3. The number of amides is 2. The highest BCUT2D eigenvalue weighted by Gasteiger charge is 2.03. The second-order valence-electron chi connectivity index (χ2n) is 5.70. The summed E-state index contributed by atoms with van der Waals surface area (Å²) in [7, 11) is 0. The van der Waals surface area contributed by atoms with Gasteiger partial charge in [0.25, 0.3) is 0 Å². The van der Waals surface area contributed by atoms with Crippen molar-refractivity contribution in [1.82, 2.24) is 5.32 Å². The van der Waals surface area contributed by atoms with Gasteiger partial charge in [-0.05, 0) is 66.7 Å². The Labute approximate surface area is 168 Å². The lowest BCUT2D eigenvalue weighted by Crippen LogP contribution is -2.32. The Morgan fingerprint density at radius 2 is 1.59 bits per heavy atom. The smallest absolute Gasteiger partial charge is 0.250 e. The number of carbonyl (C=O) groups is 2.